The van der Waals surface area contributed by atoms with Crippen LogP contribution in [0, 0.1) is 5.41 Å². The molecule has 0 saturated carbocycles. The Bertz CT molecular complexity index is 365. The molecule has 3 atom stereocenters. The van der Waals surface area contributed by atoms with E-state index in [1.807, 2.05) is 0 Å². The monoisotopic (exact) mass is 254 g/mol. The third-order valence-corrected chi connectivity index (χ3v) is 4.37. The highest BCUT2D eigenvalue weighted by Gasteiger charge is 2.61. The fraction of sp³-hybridized carbons (Fsp3) is 0.857. The third kappa shape index (κ3) is 1.87. The predicted octanol–water partition coefficient (Wildman–Crippen LogP) is 2.25. The maximum Gasteiger partial charge on any atom is 0.322 e. The molecule has 2 aliphatic heterocycles. The van der Waals surface area contributed by atoms with Crippen LogP contribution in [0.1, 0.15) is 52.9 Å². The molecular formula is C14H22O4. The summed E-state index contributed by atoms with van der Waals surface area (Å²) in [6.45, 7) is 5.83. The Morgan fingerprint density at radius 2 is 2.22 bits per heavy atom. The molecule has 2 rings (SSSR count). The molecule has 0 N–H and O–H groups in total. The Kier molecular flexibility index (Phi) is 3.49. The summed E-state index contributed by atoms with van der Waals surface area (Å²) in [6.07, 6.45) is 3.61. The topological polar surface area (TPSA) is 52.6 Å². The molecule has 102 valence electrons. The number of hydrogen-bond acceptors (Lipinski definition) is 4. The average Bonchev–Trinajstić information content (AvgIpc) is 2.68. The second-order valence-electron chi connectivity index (χ2n) is 5.60. The van der Waals surface area contributed by atoms with Crippen LogP contribution in [0.15, 0.2) is 0 Å². The summed E-state index contributed by atoms with van der Waals surface area (Å²) in [5.41, 5.74) is -1.40. The van der Waals surface area contributed by atoms with E-state index in [2.05, 4.69) is 6.92 Å². The highest BCUT2D eigenvalue weighted by atomic mass is 16.5. The Balaban J connectivity index is 2.22. The van der Waals surface area contributed by atoms with E-state index in [4.69, 9.17) is 9.47 Å². The Morgan fingerprint density at radius 1 is 1.50 bits per heavy atom. The van der Waals surface area contributed by atoms with Gasteiger partial charge in [0.1, 0.15) is 5.41 Å². The lowest BCUT2D eigenvalue weighted by molar-refractivity contribution is -0.186. The van der Waals surface area contributed by atoms with Crippen molar-refractivity contribution in [1.82, 2.24) is 0 Å². The van der Waals surface area contributed by atoms with E-state index in [-0.39, 0.29) is 17.5 Å². The van der Waals surface area contributed by atoms with Crippen molar-refractivity contribution in [3.05, 3.63) is 0 Å². The highest BCUT2D eigenvalue weighted by Crippen LogP contribution is 2.50. The van der Waals surface area contributed by atoms with Crippen LogP contribution >= 0.6 is 0 Å². The molecule has 0 amide bonds. The van der Waals surface area contributed by atoms with E-state index in [1.165, 1.54) is 0 Å². The van der Waals surface area contributed by atoms with Gasteiger partial charge in [0.2, 0.25) is 0 Å². The molecule has 4 heteroatoms. The number of Topliss-reactive ketones (excluding diaryl/α,β-unsaturated/α-hetero) is 1. The van der Waals surface area contributed by atoms with Gasteiger partial charge in [-0.3, -0.25) is 9.59 Å². The van der Waals surface area contributed by atoms with Crippen LogP contribution in [0.3, 0.4) is 0 Å². The number of fused-ring (bicyclic) bond motifs is 2. The molecule has 4 nitrogen and oxygen atoms in total. The SMILES string of the molecule is CCC[C@@]12CC[C@@H](O1)[C@@](C)(C(=O)OCC)C(=O)C2. The minimum absolute atomic E-state index is 0.0110. The molecule has 0 radical (unpaired) electrons. The van der Waals surface area contributed by atoms with Crippen LogP contribution in [0.5, 0.6) is 0 Å². The first-order valence-electron chi connectivity index (χ1n) is 6.87. The van der Waals surface area contributed by atoms with Crippen LogP contribution in [-0.2, 0) is 19.1 Å². The van der Waals surface area contributed by atoms with Crippen LogP contribution in [0.4, 0.5) is 0 Å². The van der Waals surface area contributed by atoms with Crippen LogP contribution in [0.2, 0.25) is 0 Å². The van der Waals surface area contributed by atoms with Crippen molar-refractivity contribution in [2.24, 2.45) is 5.41 Å². The normalized spacial score (nSPS) is 38.8. The third-order valence-electron chi connectivity index (χ3n) is 4.37. The smallest absolute Gasteiger partial charge is 0.322 e. The van der Waals surface area contributed by atoms with E-state index >= 15 is 0 Å². The number of carbonyl (C=O) groups is 2. The molecule has 0 aromatic rings. The van der Waals surface area contributed by atoms with Crippen molar-refractivity contribution in [2.75, 3.05) is 6.61 Å². The fourth-order valence-electron chi connectivity index (χ4n) is 3.26. The van der Waals surface area contributed by atoms with Crippen molar-refractivity contribution >= 4 is 11.8 Å². The molecule has 2 bridgehead atoms. The number of hydrogen-bond donors (Lipinski definition) is 0. The van der Waals surface area contributed by atoms with Gasteiger partial charge in [-0.15, -0.1) is 0 Å². The van der Waals surface area contributed by atoms with Gasteiger partial charge in [0, 0.05) is 6.42 Å². The first-order valence-corrected chi connectivity index (χ1v) is 6.87. The Hall–Kier alpha value is -0.900. The minimum Gasteiger partial charge on any atom is -0.465 e. The van der Waals surface area contributed by atoms with Crippen molar-refractivity contribution < 1.29 is 19.1 Å². The zero-order valence-electron chi connectivity index (χ0n) is 11.5. The molecule has 18 heavy (non-hydrogen) atoms. The number of rotatable bonds is 4. The van der Waals surface area contributed by atoms with Crippen molar-refractivity contribution in [2.45, 2.75) is 64.6 Å². The summed E-state index contributed by atoms with van der Waals surface area (Å²) < 4.78 is 11.1. The first-order chi connectivity index (χ1) is 8.48. The molecule has 0 aromatic carbocycles. The van der Waals surface area contributed by atoms with E-state index in [9.17, 15) is 9.59 Å². The second-order valence-corrected chi connectivity index (χ2v) is 5.60. The summed E-state index contributed by atoms with van der Waals surface area (Å²) in [7, 11) is 0. The van der Waals surface area contributed by atoms with Crippen molar-refractivity contribution in [1.29, 1.82) is 0 Å². The summed E-state index contributed by atoms with van der Waals surface area (Å²) >= 11 is 0. The van der Waals surface area contributed by atoms with Gasteiger partial charge in [0.05, 0.1) is 18.3 Å². The van der Waals surface area contributed by atoms with E-state index in [0.29, 0.717) is 13.0 Å². The molecule has 0 spiro atoms. The average molecular weight is 254 g/mol. The van der Waals surface area contributed by atoms with Gasteiger partial charge < -0.3 is 9.47 Å². The van der Waals surface area contributed by atoms with Crippen LogP contribution < -0.4 is 0 Å². The fourth-order valence-corrected chi connectivity index (χ4v) is 3.26. The lowest BCUT2D eigenvalue weighted by atomic mass is 9.75. The van der Waals surface area contributed by atoms with Crippen LogP contribution in [0.25, 0.3) is 0 Å². The van der Waals surface area contributed by atoms with Gasteiger partial charge in [-0.25, -0.2) is 0 Å². The zero-order valence-corrected chi connectivity index (χ0v) is 11.5. The Morgan fingerprint density at radius 3 is 2.83 bits per heavy atom. The van der Waals surface area contributed by atoms with Gasteiger partial charge in [-0.05, 0) is 33.1 Å². The lowest BCUT2D eigenvalue weighted by Gasteiger charge is -2.41. The maximum absolute atomic E-state index is 12.4. The molecule has 0 aliphatic carbocycles. The molecule has 2 aliphatic rings. The molecule has 2 saturated heterocycles. The molecule has 2 fully saturated rings. The number of ketones is 1. The standard InChI is InChI=1S/C14H22O4/c1-4-7-14-8-6-11(18-14)13(3,10(15)9-14)12(16)17-5-2/h11H,4-9H2,1-3H3/t11-,13+,14+/m1/s1. The van der Waals surface area contributed by atoms with Gasteiger partial charge in [-0.1, -0.05) is 13.3 Å². The predicted molar refractivity (Wildman–Crippen MR) is 66.1 cm³/mol. The highest BCUT2D eigenvalue weighted by molar-refractivity contribution is 6.05. The van der Waals surface area contributed by atoms with Crippen molar-refractivity contribution in [3.63, 3.8) is 0 Å². The van der Waals surface area contributed by atoms with Gasteiger partial charge in [0.15, 0.2) is 5.78 Å². The zero-order chi connectivity index (χ0) is 13.4. The maximum atomic E-state index is 12.4. The quantitative estimate of drug-likeness (QED) is 0.570. The summed E-state index contributed by atoms with van der Waals surface area (Å²) in [4.78, 5) is 24.4. The van der Waals surface area contributed by atoms with Gasteiger partial charge >= 0.3 is 5.97 Å². The summed E-state index contributed by atoms with van der Waals surface area (Å²) in [5, 5.41) is 0. The van der Waals surface area contributed by atoms with E-state index in [0.717, 1.165) is 25.7 Å². The molecule has 0 aromatic heterocycles. The Labute approximate surface area is 108 Å². The first kappa shape index (κ1) is 13.5. The molecule has 2 heterocycles. The van der Waals surface area contributed by atoms with Gasteiger partial charge in [-0.2, -0.15) is 0 Å². The summed E-state index contributed by atoms with van der Waals surface area (Å²) in [6, 6.07) is 0. The number of carbonyl (C=O) groups excluding carboxylic acids is 2. The number of esters is 1. The van der Waals surface area contributed by atoms with E-state index in [1.54, 1.807) is 13.8 Å². The second kappa shape index (κ2) is 4.65. The molecular weight excluding hydrogens is 232 g/mol. The van der Waals surface area contributed by atoms with Crippen LogP contribution in [-0.4, -0.2) is 30.1 Å². The lowest BCUT2D eigenvalue weighted by Crippen LogP contribution is -2.54. The number of ether oxygens (including phenoxy) is 2. The largest absolute Gasteiger partial charge is 0.465 e. The van der Waals surface area contributed by atoms with Gasteiger partial charge in [0.25, 0.3) is 0 Å². The molecule has 0 unspecified atom stereocenters. The van der Waals surface area contributed by atoms with E-state index < -0.39 is 11.4 Å². The minimum atomic E-state index is -1.09. The van der Waals surface area contributed by atoms with Crippen molar-refractivity contribution in [3.8, 4) is 0 Å². The summed E-state index contributed by atoms with van der Waals surface area (Å²) in [5.74, 6) is -0.435.